The molecule has 1 heterocycles. The van der Waals surface area contributed by atoms with E-state index in [1.165, 1.54) is 15.9 Å². The van der Waals surface area contributed by atoms with Crippen molar-refractivity contribution in [3.8, 4) is 0 Å². The molecule has 1 atom stereocenters. The summed E-state index contributed by atoms with van der Waals surface area (Å²) in [6.45, 7) is 5.71. The molecule has 2 amide bonds. The number of aryl methyl sites for hydroxylation is 2. The number of nitrogens with zero attached hydrogens (tertiary/aromatic N) is 2. The molecule has 0 spiro atoms. The zero-order chi connectivity index (χ0) is 19.9. The van der Waals surface area contributed by atoms with Crippen LogP contribution in [-0.4, -0.2) is 29.7 Å². The third-order valence-corrected chi connectivity index (χ3v) is 4.99. The standard InChI is InChI=1S/C20H20F2N2O3/c1-4-14-10-23(19(25)13-5-6-15(21)16(22)9-13)17-7-11(2)12(3)8-18(17)24(14)20(26)27/h5-9,14H,4,10H2,1-3H3,(H,26,27). The van der Waals surface area contributed by atoms with E-state index in [-0.39, 0.29) is 12.1 Å². The minimum atomic E-state index is -1.10. The molecule has 1 aliphatic heterocycles. The zero-order valence-electron chi connectivity index (χ0n) is 15.3. The number of halogens is 2. The van der Waals surface area contributed by atoms with Gasteiger partial charge in [0.25, 0.3) is 5.91 Å². The van der Waals surface area contributed by atoms with Gasteiger partial charge in [0.1, 0.15) is 0 Å². The van der Waals surface area contributed by atoms with E-state index in [1.54, 1.807) is 12.1 Å². The highest BCUT2D eigenvalue weighted by Gasteiger charge is 2.37. The predicted molar refractivity (Wildman–Crippen MR) is 98.5 cm³/mol. The third kappa shape index (κ3) is 3.25. The first kappa shape index (κ1) is 18.8. The lowest BCUT2D eigenvalue weighted by molar-refractivity contribution is 0.0982. The van der Waals surface area contributed by atoms with Gasteiger partial charge in [-0.15, -0.1) is 0 Å². The summed E-state index contributed by atoms with van der Waals surface area (Å²) >= 11 is 0. The number of hydrogen-bond acceptors (Lipinski definition) is 2. The summed E-state index contributed by atoms with van der Waals surface area (Å²) in [4.78, 5) is 27.6. The molecule has 0 aliphatic carbocycles. The number of carboxylic acid groups (broad SMARTS) is 1. The quantitative estimate of drug-likeness (QED) is 0.842. The van der Waals surface area contributed by atoms with Gasteiger partial charge in [-0.2, -0.15) is 0 Å². The molecule has 0 fully saturated rings. The molecule has 142 valence electrons. The van der Waals surface area contributed by atoms with E-state index >= 15 is 0 Å². The lowest BCUT2D eigenvalue weighted by Gasteiger charge is -2.41. The SMILES string of the molecule is CCC1CN(C(=O)c2ccc(F)c(F)c2)c2cc(C)c(C)cc2N1C(=O)O. The Labute approximate surface area is 155 Å². The highest BCUT2D eigenvalue weighted by atomic mass is 19.2. The first-order chi connectivity index (χ1) is 12.7. The number of rotatable bonds is 2. The molecule has 2 aromatic carbocycles. The van der Waals surface area contributed by atoms with Crippen molar-refractivity contribution in [2.24, 2.45) is 0 Å². The van der Waals surface area contributed by atoms with Gasteiger partial charge in [0.05, 0.1) is 17.4 Å². The van der Waals surface area contributed by atoms with E-state index < -0.39 is 29.7 Å². The Bertz CT molecular complexity index is 930. The summed E-state index contributed by atoms with van der Waals surface area (Å²) in [7, 11) is 0. The molecule has 7 heteroatoms. The highest BCUT2D eigenvalue weighted by Crippen LogP contribution is 2.39. The minimum Gasteiger partial charge on any atom is -0.465 e. The molecule has 27 heavy (non-hydrogen) atoms. The summed E-state index contributed by atoms with van der Waals surface area (Å²) in [5.74, 6) is -2.63. The Morgan fingerprint density at radius 1 is 1.07 bits per heavy atom. The summed E-state index contributed by atoms with van der Waals surface area (Å²) in [6, 6.07) is 6.06. The van der Waals surface area contributed by atoms with Crippen molar-refractivity contribution < 1.29 is 23.5 Å². The molecule has 0 aromatic heterocycles. The van der Waals surface area contributed by atoms with Crippen molar-refractivity contribution >= 4 is 23.4 Å². The molecule has 1 N–H and O–H groups in total. The zero-order valence-corrected chi connectivity index (χ0v) is 15.3. The summed E-state index contributed by atoms with van der Waals surface area (Å²) in [5.41, 5.74) is 2.67. The molecule has 5 nitrogen and oxygen atoms in total. The molecule has 3 rings (SSSR count). The van der Waals surface area contributed by atoms with Gasteiger partial charge >= 0.3 is 6.09 Å². The molecule has 0 saturated carbocycles. The molecule has 1 unspecified atom stereocenters. The van der Waals surface area contributed by atoms with E-state index in [4.69, 9.17) is 0 Å². The Hall–Kier alpha value is -2.96. The monoisotopic (exact) mass is 374 g/mol. The first-order valence-corrected chi connectivity index (χ1v) is 8.65. The van der Waals surface area contributed by atoms with Gasteiger partial charge in [-0.05, 0) is 61.7 Å². The van der Waals surface area contributed by atoms with Crippen LogP contribution in [0.5, 0.6) is 0 Å². The van der Waals surface area contributed by atoms with Crippen LogP contribution < -0.4 is 9.80 Å². The topological polar surface area (TPSA) is 60.9 Å². The van der Waals surface area contributed by atoms with Gasteiger partial charge in [-0.1, -0.05) is 6.92 Å². The second-order valence-corrected chi connectivity index (χ2v) is 6.68. The number of benzene rings is 2. The second kappa shape index (κ2) is 6.98. The van der Waals surface area contributed by atoms with Crippen LogP contribution >= 0.6 is 0 Å². The van der Waals surface area contributed by atoms with Gasteiger partial charge in [-0.25, -0.2) is 13.6 Å². The van der Waals surface area contributed by atoms with Crippen molar-refractivity contribution in [3.05, 3.63) is 58.7 Å². The van der Waals surface area contributed by atoms with Crippen LogP contribution in [0, 0.1) is 25.5 Å². The van der Waals surface area contributed by atoms with Crippen LogP contribution in [-0.2, 0) is 0 Å². The van der Waals surface area contributed by atoms with Crippen molar-refractivity contribution in [1.29, 1.82) is 0 Å². The van der Waals surface area contributed by atoms with Gasteiger partial charge in [0, 0.05) is 12.1 Å². The van der Waals surface area contributed by atoms with Crippen molar-refractivity contribution in [2.75, 3.05) is 16.3 Å². The average Bonchev–Trinajstić information content (AvgIpc) is 2.63. The number of carbonyl (C=O) groups excluding carboxylic acids is 1. The maximum Gasteiger partial charge on any atom is 0.412 e. The van der Waals surface area contributed by atoms with Crippen LogP contribution in [0.25, 0.3) is 0 Å². The Kier molecular flexibility index (Phi) is 4.87. The number of anilines is 2. The normalized spacial score (nSPS) is 16.3. The number of amides is 2. The molecule has 0 bridgehead atoms. The average molecular weight is 374 g/mol. The highest BCUT2D eigenvalue weighted by molar-refractivity contribution is 6.10. The fourth-order valence-electron chi connectivity index (χ4n) is 3.33. The van der Waals surface area contributed by atoms with Crippen LogP contribution in [0.4, 0.5) is 25.0 Å². The van der Waals surface area contributed by atoms with Gasteiger partial charge in [0.2, 0.25) is 0 Å². The van der Waals surface area contributed by atoms with Gasteiger partial charge in [0.15, 0.2) is 11.6 Å². The maximum atomic E-state index is 13.6. The summed E-state index contributed by atoms with van der Waals surface area (Å²) in [5, 5.41) is 9.69. The number of hydrogen-bond donors (Lipinski definition) is 1. The largest absolute Gasteiger partial charge is 0.465 e. The fraction of sp³-hybridized carbons (Fsp3) is 0.300. The maximum absolute atomic E-state index is 13.6. The van der Waals surface area contributed by atoms with E-state index in [0.29, 0.717) is 17.8 Å². The smallest absolute Gasteiger partial charge is 0.412 e. The summed E-state index contributed by atoms with van der Waals surface area (Å²) < 4.78 is 26.8. The van der Waals surface area contributed by atoms with E-state index in [9.17, 15) is 23.5 Å². The molecular formula is C20H20F2N2O3. The van der Waals surface area contributed by atoms with Crippen LogP contribution in [0.1, 0.15) is 34.8 Å². The Morgan fingerprint density at radius 2 is 1.70 bits per heavy atom. The van der Waals surface area contributed by atoms with E-state index in [0.717, 1.165) is 23.3 Å². The van der Waals surface area contributed by atoms with E-state index in [2.05, 4.69) is 0 Å². The van der Waals surface area contributed by atoms with Crippen LogP contribution in [0.2, 0.25) is 0 Å². The predicted octanol–water partition coefficient (Wildman–Crippen LogP) is 4.51. The van der Waals surface area contributed by atoms with Gasteiger partial charge < -0.3 is 10.0 Å². The third-order valence-electron chi connectivity index (χ3n) is 4.99. The lowest BCUT2D eigenvalue weighted by atomic mass is 9.99. The molecular weight excluding hydrogens is 354 g/mol. The van der Waals surface area contributed by atoms with Crippen LogP contribution in [0.15, 0.2) is 30.3 Å². The minimum absolute atomic E-state index is 0.0108. The Morgan fingerprint density at radius 3 is 2.26 bits per heavy atom. The molecule has 0 radical (unpaired) electrons. The van der Waals surface area contributed by atoms with Crippen molar-refractivity contribution in [1.82, 2.24) is 0 Å². The first-order valence-electron chi connectivity index (χ1n) is 8.65. The van der Waals surface area contributed by atoms with E-state index in [1.807, 2.05) is 20.8 Å². The fourth-order valence-corrected chi connectivity index (χ4v) is 3.33. The molecule has 1 aliphatic rings. The number of carbonyl (C=O) groups is 2. The van der Waals surface area contributed by atoms with Crippen LogP contribution in [0.3, 0.4) is 0 Å². The molecule has 0 saturated heterocycles. The lowest BCUT2D eigenvalue weighted by Crippen LogP contribution is -2.52. The van der Waals surface area contributed by atoms with Gasteiger partial charge in [-0.3, -0.25) is 9.69 Å². The van der Waals surface area contributed by atoms with Crippen molar-refractivity contribution in [3.63, 3.8) is 0 Å². The second-order valence-electron chi connectivity index (χ2n) is 6.68. The molecule has 2 aromatic rings. The summed E-state index contributed by atoms with van der Waals surface area (Å²) in [6.07, 6.45) is -0.591. The number of fused-ring (bicyclic) bond motifs is 1. The van der Waals surface area contributed by atoms with Crippen molar-refractivity contribution in [2.45, 2.75) is 33.2 Å². The Balaban J connectivity index is 2.14.